The van der Waals surface area contributed by atoms with Crippen molar-refractivity contribution in [3.05, 3.63) is 24.3 Å². The average molecular weight is 294 g/mol. The standard InChI is InChI=1S/C12H11ClF3NO2/c1-2-3-10(18)19-9-6-4-8(5-7-9)17-11(13)12(14,15)16/h4-7H,2-3H2,1H3. The zero-order valence-corrected chi connectivity index (χ0v) is 10.8. The summed E-state index contributed by atoms with van der Waals surface area (Å²) in [6.45, 7) is 1.83. The number of hydrogen-bond donors (Lipinski definition) is 0. The fourth-order valence-electron chi connectivity index (χ4n) is 1.15. The van der Waals surface area contributed by atoms with Crippen molar-refractivity contribution >= 4 is 28.4 Å². The number of halogens is 4. The monoisotopic (exact) mass is 293 g/mol. The summed E-state index contributed by atoms with van der Waals surface area (Å²) in [6.07, 6.45) is -3.74. The molecule has 0 radical (unpaired) electrons. The van der Waals surface area contributed by atoms with Gasteiger partial charge in [-0.1, -0.05) is 18.5 Å². The van der Waals surface area contributed by atoms with E-state index >= 15 is 0 Å². The van der Waals surface area contributed by atoms with Gasteiger partial charge < -0.3 is 4.74 Å². The van der Waals surface area contributed by atoms with Crippen LogP contribution in [0.1, 0.15) is 19.8 Å². The minimum Gasteiger partial charge on any atom is -0.427 e. The molecule has 0 spiro atoms. The van der Waals surface area contributed by atoms with E-state index in [0.717, 1.165) is 0 Å². The summed E-state index contributed by atoms with van der Waals surface area (Å²) in [5.74, 6) is -0.146. The second kappa shape index (κ2) is 6.56. The highest BCUT2D eigenvalue weighted by Crippen LogP contribution is 2.25. The molecule has 0 saturated carbocycles. The lowest BCUT2D eigenvalue weighted by Gasteiger charge is -2.05. The smallest absolute Gasteiger partial charge is 0.427 e. The maximum Gasteiger partial charge on any atom is 0.444 e. The maximum atomic E-state index is 12.1. The Hall–Kier alpha value is -1.56. The molecule has 1 aromatic rings. The molecule has 104 valence electrons. The molecular formula is C12H11ClF3NO2. The molecule has 19 heavy (non-hydrogen) atoms. The van der Waals surface area contributed by atoms with Crippen molar-refractivity contribution in [1.82, 2.24) is 0 Å². The summed E-state index contributed by atoms with van der Waals surface area (Å²) in [6, 6.07) is 5.27. The van der Waals surface area contributed by atoms with Gasteiger partial charge in [0.25, 0.3) is 0 Å². The second-order valence-corrected chi connectivity index (χ2v) is 3.98. The molecule has 0 saturated heterocycles. The van der Waals surface area contributed by atoms with Gasteiger partial charge in [-0.15, -0.1) is 0 Å². The molecule has 0 bridgehead atoms. The van der Waals surface area contributed by atoms with Crippen LogP contribution in [0.15, 0.2) is 29.3 Å². The van der Waals surface area contributed by atoms with E-state index in [1.807, 2.05) is 6.92 Å². The van der Waals surface area contributed by atoms with Crippen LogP contribution >= 0.6 is 11.6 Å². The highest BCUT2D eigenvalue weighted by molar-refractivity contribution is 6.67. The number of benzene rings is 1. The third-order valence-corrected chi connectivity index (χ3v) is 2.28. The Morgan fingerprint density at radius 3 is 2.37 bits per heavy atom. The Morgan fingerprint density at radius 1 is 1.32 bits per heavy atom. The number of carbonyl (C=O) groups is 1. The van der Waals surface area contributed by atoms with Crippen LogP contribution in [0, 0.1) is 0 Å². The van der Waals surface area contributed by atoms with Gasteiger partial charge in [0.1, 0.15) is 5.75 Å². The number of rotatable bonds is 4. The van der Waals surface area contributed by atoms with E-state index in [1.165, 1.54) is 24.3 Å². The summed E-state index contributed by atoms with van der Waals surface area (Å²) in [4.78, 5) is 14.4. The van der Waals surface area contributed by atoms with Crippen molar-refractivity contribution in [3.8, 4) is 5.75 Å². The van der Waals surface area contributed by atoms with Crippen LogP contribution in [0.5, 0.6) is 5.75 Å². The number of hydrogen-bond acceptors (Lipinski definition) is 3. The Bertz CT molecular complexity index is 469. The van der Waals surface area contributed by atoms with Crippen LogP contribution in [0.2, 0.25) is 0 Å². The highest BCUT2D eigenvalue weighted by atomic mass is 35.5. The summed E-state index contributed by atoms with van der Waals surface area (Å²) < 4.78 is 41.4. The van der Waals surface area contributed by atoms with Gasteiger partial charge in [0.15, 0.2) is 0 Å². The summed E-state index contributed by atoms with van der Waals surface area (Å²) in [7, 11) is 0. The van der Waals surface area contributed by atoms with Gasteiger partial charge in [0.05, 0.1) is 5.69 Å². The Kier molecular flexibility index (Phi) is 5.35. The molecule has 0 aliphatic rings. The zero-order chi connectivity index (χ0) is 14.5. The van der Waals surface area contributed by atoms with E-state index in [9.17, 15) is 18.0 Å². The molecule has 0 aliphatic heterocycles. The molecule has 3 nitrogen and oxygen atoms in total. The first-order valence-corrected chi connectivity index (χ1v) is 5.83. The quantitative estimate of drug-likeness (QED) is 0.473. The highest BCUT2D eigenvalue weighted by Gasteiger charge is 2.34. The first kappa shape index (κ1) is 15.5. The molecule has 0 aliphatic carbocycles. The van der Waals surface area contributed by atoms with E-state index in [4.69, 9.17) is 16.3 Å². The lowest BCUT2D eigenvalue weighted by Crippen LogP contribution is -2.16. The van der Waals surface area contributed by atoms with Crippen molar-refractivity contribution in [2.24, 2.45) is 4.99 Å². The van der Waals surface area contributed by atoms with Gasteiger partial charge in [-0.25, -0.2) is 4.99 Å². The molecule has 0 aromatic heterocycles. The van der Waals surface area contributed by atoms with Crippen LogP contribution in [-0.2, 0) is 4.79 Å². The fraction of sp³-hybridized carbons (Fsp3) is 0.333. The molecule has 0 amide bonds. The van der Waals surface area contributed by atoms with Crippen LogP contribution in [0.3, 0.4) is 0 Å². The molecule has 0 unspecified atom stereocenters. The van der Waals surface area contributed by atoms with Gasteiger partial charge in [-0.3, -0.25) is 4.79 Å². The van der Waals surface area contributed by atoms with Gasteiger partial charge in [0, 0.05) is 6.42 Å². The van der Waals surface area contributed by atoms with Crippen molar-refractivity contribution in [3.63, 3.8) is 0 Å². The minimum atomic E-state index is -4.67. The summed E-state index contributed by atoms with van der Waals surface area (Å²) in [5.41, 5.74) is 0.0256. The number of aliphatic imine (C=N–C) groups is 1. The average Bonchev–Trinajstić information content (AvgIpc) is 2.30. The first-order valence-electron chi connectivity index (χ1n) is 5.45. The largest absolute Gasteiger partial charge is 0.444 e. The van der Waals surface area contributed by atoms with Gasteiger partial charge in [0.2, 0.25) is 5.17 Å². The van der Waals surface area contributed by atoms with Crippen LogP contribution in [0.4, 0.5) is 18.9 Å². The third-order valence-electron chi connectivity index (χ3n) is 1.98. The van der Waals surface area contributed by atoms with Crippen molar-refractivity contribution in [1.29, 1.82) is 0 Å². The topological polar surface area (TPSA) is 38.7 Å². The molecule has 0 heterocycles. The molecule has 0 atom stereocenters. The van der Waals surface area contributed by atoms with Crippen molar-refractivity contribution in [2.45, 2.75) is 25.9 Å². The van der Waals surface area contributed by atoms with Gasteiger partial charge in [-0.2, -0.15) is 13.2 Å². The summed E-state index contributed by atoms with van der Waals surface area (Å²) >= 11 is 5.00. The minimum absolute atomic E-state index is 0.0256. The third kappa shape index (κ3) is 5.30. The predicted molar refractivity (Wildman–Crippen MR) is 66.0 cm³/mol. The van der Waals surface area contributed by atoms with Crippen LogP contribution < -0.4 is 4.74 Å². The number of nitrogens with zero attached hydrogens (tertiary/aromatic N) is 1. The van der Waals surface area contributed by atoms with E-state index in [-0.39, 0.29) is 17.9 Å². The number of esters is 1. The van der Waals surface area contributed by atoms with Crippen molar-refractivity contribution < 1.29 is 22.7 Å². The lowest BCUT2D eigenvalue weighted by molar-refractivity contribution is -0.134. The molecule has 1 rings (SSSR count). The van der Waals surface area contributed by atoms with Crippen molar-refractivity contribution in [2.75, 3.05) is 0 Å². The Balaban J connectivity index is 2.75. The Labute approximate surface area is 113 Å². The number of ether oxygens (including phenoxy) is 1. The molecule has 0 fully saturated rings. The first-order chi connectivity index (χ1) is 8.82. The predicted octanol–water partition coefficient (Wildman–Crippen LogP) is 4.22. The SMILES string of the molecule is CCCC(=O)Oc1ccc(N=C(Cl)C(F)(F)F)cc1. The van der Waals surface area contributed by atoms with E-state index < -0.39 is 17.3 Å². The zero-order valence-electron chi connectivity index (χ0n) is 10.00. The van der Waals surface area contributed by atoms with Gasteiger partial charge in [-0.05, 0) is 30.7 Å². The molecule has 1 aromatic carbocycles. The second-order valence-electron chi connectivity index (χ2n) is 3.62. The molecule has 7 heteroatoms. The molecular weight excluding hydrogens is 283 g/mol. The van der Waals surface area contributed by atoms with E-state index in [0.29, 0.717) is 6.42 Å². The Morgan fingerprint density at radius 2 is 1.89 bits per heavy atom. The molecule has 0 N–H and O–H groups in total. The van der Waals surface area contributed by atoms with E-state index in [2.05, 4.69) is 4.99 Å². The normalized spacial score (nSPS) is 12.4. The maximum absolute atomic E-state index is 12.1. The fourth-order valence-corrected chi connectivity index (χ4v) is 1.25. The lowest BCUT2D eigenvalue weighted by atomic mass is 10.3. The van der Waals surface area contributed by atoms with E-state index in [1.54, 1.807) is 0 Å². The summed E-state index contributed by atoms with van der Waals surface area (Å²) in [5, 5.41) is -1.46. The van der Waals surface area contributed by atoms with Crippen LogP contribution in [0.25, 0.3) is 0 Å². The number of carbonyl (C=O) groups excluding carboxylic acids is 1. The van der Waals surface area contributed by atoms with Crippen LogP contribution in [-0.4, -0.2) is 17.3 Å². The van der Waals surface area contributed by atoms with Gasteiger partial charge >= 0.3 is 12.1 Å². The number of alkyl halides is 3.